The van der Waals surface area contributed by atoms with Crippen LogP contribution in [-0.2, 0) is 9.59 Å². The standard InChI is InChI=1S/C13H24N2O3/c1-4-14-13(2,3)12(18)15-9-7-5-6-8-10(15)11(16)17/h10,14H,4-9H2,1-3H3,(H,16,17). The second-order valence-corrected chi connectivity index (χ2v) is 5.36. The highest BCUT2D eigenvalue weighted by Crippen LogP contribution is 2.20. The minimum absolute atomic E-state index is 0.112. The normalized spacial score (nSPS) is 21.5. The molecular weight excluding hydrogens is 232 g/mol. The van der Waals surface area contributed by atoms with Gasteiger partial charge in [-0.25, -0.2) is 4.79 Å². The molecule has 1 unspecified atom stereocenters. The van der Waals surface area contributed by atoms with Gasteiger partial charge in [-0.2, -0.15) is 0 Å². The van der Waals surface area contributed by atoms with Crippen molar-refractivity contribution in [2.45, 2.75) is 58.0 Å². The lowest BCUT2D eigenvalue weighted by Gasteiger charge is -2.35. The lowest BCUT2D eigenvalue weighted by atomic mass is 10.0. The molecule has 1 amide bonds. The molecule has 1 saturated heterocycles. The summed E-state index contributed by atoms with van der Waals surface area (Å²) in [5.41, 5.74) is -0.702. The number of carboxylic acids is 1. The van der Waals surface area contributed by atoms with Crippen LogP contribution in [0.4, 0.5) is 0 Å². The molecule has 1 aliphatic rings. The van der Waals surface area contributed by atoms with Crippen molar-refractivity contribution in [2.75, 3.05) is 13.1 Å². The van der Waals surface area contributed by atoms with Crippen molar-refractivity contribution in [1.82, 2.24) is 10.2 Å². The third-order valence-corrected chi connectivity index (χ3v) is 3.45. The third-order valence-electron chi connectivity index (χ3n) is 3.45. The third kappa shape index (κ3) is 3.45. The van der Waals surface area contributed by atoms with Crippen LogP contribution in [0.15, 0.2) is 0 Å². The Morgan fingerprint density at radius 1 is 1.33 bits per heavy atom. The number of hydrogen-bond donors (Lipinski definition) is 2. The van der Waals surface area contributed by atoms with E-state index in [0.29, 0.717) is 19.5 Å². The lowest BCUT2D eigenvalue weighted by Crippen LogP contribution is -2.58. The first-order chi connectivity index (χ1) is 8.40. The molecule has 0 aromatic rings. The number of nitrogens with zero attached hydrogens (tertiary/aromatic N) is 1. The van der Waals surface area contributed by atoms with Gasteiger partial charge in [-0.3, -0.25) is 4.79 Å². The van der Waals surface area contributed by atoms with E-state index in [1.54, 1.807) is 0 Å². The number of rotatable bonds is 4. The Kier molecular flexibility index (Phi) is 5.14. The fourth-order valence-corrected chi connectivity index (χ4v) is 2.48. The molecule has 104 valence electrons. The zero-order valence-corrected chi connectivity index (χ0v) is 11.5. The average Bonchev–Trinajstić information content (AvgIpc) is 2.52. The maximum absolute atomic E-state index is 12.5. The van der Waals surface area contributed by atoms with E-state index in [-0.39, 0.29) is 5.91 Å². The summed E-state index contributed by atoms with van der Waals surface area (Å²) in [4.78, 5) is 25.3. The van der Waals surface area contributed by atoms with Gasteiger partial charge in [0.05, 0.1) is 5.54 Å². The number of carboxylic acid groups (broad SMARTS) is 1. The Balaban J connectivity index is 2.88. The molecule has 0 radical (unpaired) electrons. The highest BCUT2D eigenvalue weighted by atomic mass is 16.4. The highest BCUT2D eigenvalue weighted by molar-refractivity contribution is 5.89. The first kappa shape index (κ1) is 15.0. The van der Waals surface area contributed by atoms with Gasteiger partial charge >= 0.3 is 5.97 Å². The molecule has 0 spiro atoms. The van der Waals surface area contributed by atoms with E-state index in [1.165, 1.54) is 4.90 Å². The van der Waals surface area contributed by atoms with Crippen LogP contribution in [0, 0.1) is 0 Å². The van der Waals surface area contributed by atoms with Gasteiger partial charge in [-0.05, 0) is 33.2 Å². The monoisotopic (exact) mass is 256 g/mol. The molecule has 18 heavy (non-hydrogen) atoms. The molecule has 0 aromatic heterocycles. The van der Waals surface area contributed by atoms with Crippen LogP contribution in [0.3, 0.4) is 0 Å². The molecule has 5 heteroatoms. The fraction of sp³-hybridized carbons (Fsp3) is 0.846. The highest BCUT2D eigenvalue weighted by Gasteiger charge is 2.37. The molecule has 0 aromatic carbocycles. The first-order valence-corrected chi connectivity index (χ1v) is 6.69. The van der Waals surface area contributed by atoms with Gasteiger partial charge < -0.3 is 15.3 Å². The second kappa shape index (κ2) is 6.18. The minimum Gasteiger partial charge on any atom is -0.480 e. The van der Waals surface area contributed by atoms with E-state index < -0.39 is 17.6 Å². The molecule has 1 atom stereocenters. The van der Waals surface area contributed by atoms with Gasteiger partial charge in [0.1, 0.15) is 6.04 Å². The number of nitrogens with one attached hydrogen (secondary N) is 1. The number of likely N-dealkylation sites (N-methyl/N-ethyl adjacent to an activating group) is 1. The maximum atomic E-state index is 12.5. The largest absolute Gasteiger partial charge is 0.480 e. The van der Waals surface area contributed by atoms with Crippen LogP contribution in [0.5, 0.6) is 0 Å². The first-order valence-electron chi connectivity index (χ1n) is 6.69. The summed E-state index contributed by atoms with van der Waals surface area (Å²) in [7, 11) is 0. The SMILES string of the molecule is CCNC(C)(C)C(=O)N1CCCCCC1C(=O)O. The summed E-state index contributed by atoms with van der Waals surface area (Å²) in [6.45, 7) is 6.78. The predicted octanol–water partition coefficient (Wildman–Crippen LogP) is 1.23. The summed E-state index contributed by atoms with van der Waals surface area (Å²) in [5.74, 6) is -1.00. The summed E-state index contributed by atoms with van der Waals surface area (Å²) in [6, 6.07) is -0.669. The van der Waals surface area contributed by atoms with Gasteiger partial charge in [0.2, 0.25) is 5.91 Å². The Morgan fingerprint density at radius 2 is 2.00 bits per heavy atom. The van der Waals surface area contributed by atoms with E-state index in [4.69, 9.17) is 0 Å². The molecular formula is C13H24N2O3. The molecule has 0 bridgehead atoms. The Labute approximate surface area is 109 Å². The van der Waals surface area contributed by atoms with Gasteiger partial charge in [-0.15, -0.1) is 0 Å². The van der Waals surface area contributed by atoms with E-state index in [0.717, 1.165) is 19.3 Å². The van der Waals surface area contributed by atoms with E-state index >= 15 is 0 Å². The van der Waals surface area contributed by atoms with E-state index in [2.05, 4.69) is 5.32 Å². The van der Waals surface area contributed by atoms with Crippen LogP contribution in [0.25, 0.3) is 0 Å². The van der Waals surface area contributed by atoms with Crippen LogP contribution in [0.2, 0.25) is 0 Å². The molecule has 1 aliphatic heterocycles. The molecule has 0 aliphatic carbocycles. The summed E-state index contributed by atoms with van der Waals surface area (Å²) in [6.07, 6.45) is 3.32. The number of amides is 1. The number of likely N-dealkylation sites (tertiary alicyclic amines) is 1. The molecule has 2 N–H and O–H groups in total. The molecule has 5 nitrogen and oxygen atoms in total. The smallest absolute Gasteiger partial charge is 0.326 e. The Hall–Kier alpha value is -1.10. The van der Waals surface area contributed by atoms with Gasteiger partial charge in [0, 0.05) is 6.54 Å². The number of hydrogen-bond acceptors (Lipinski definition) is 3. The van der Waals surface area contributed by atoms with Crippen molar-refractivity contribution < 1.29 is 14.7 Å². The number of carbonyl (C=O) groups excluding carboxylic acids is 1. The van der Waals surface area contributed by atoms with Crippen LogP contribution < -0.4 is 5.32 Å². The summed E-state index contributed by atoms with van der Waals surface area (Å²) in [5, 5.41) is 12.4. The van der Waals surface area contributed by atoms with Crippen molar-refractivity contribution in [1.29, 1.82) is 0 Å². The molecule has 1 heterocycles. The predicted molar refractivity (Wildman–Crippen MR) is 69.4 cm³/mol. The van der Waals surface area contributed by atoms with Crippen molar-refractivity contribution >= 4 is 11.9 Å². The van der Waals surface area contributed by atoms with Crippen molar-refractivity contribution in [3.63, 3.8) is 0 Å². The number of carbonyl (C=O) groups is 2. The average molecular weight is 256 g/mol. The van der Waals surface area contributed by atoms with Gasteiger partial charge in [-0.1, -0.05) is 19.8 Å². The fourth-order valence-electron chi connectivity index (χ4n) is 2.48. The Morgan fingerprint density at radius 3 is 2.56 bits per heavy atom. The summed E-state index contributed by atoms with van der Waals surface area (Å²) < 4.78 is 0. The van der Waals surface area contributed by atoms with E-state index in [1.807, 2.05) is 20.8 Å². The van der Waals surface area contributed by atoms with Crippen molar-refractivity contribution in [2.24, 2.45) is 0 Å². The lowest BCUT2D eigenvalue weighted by molar-refractivity contribution is -0.152. The van der Waals surface area contributed by atoms with Gasteiger partial charge in [0.25, 0.3) is 0 Å². The Bertz CT molecular complexity index is 315. The molecule has 0 saturated carbocycles. The quantitative estimate of drug-likeness (QED) is 0.793. The molecule has 1 fully saturated rings. The number of aliphatic carboxylic acids is 1. The van der Waals surface area contributed by atoms with E-state index in [9.17, 15) is 14.7 Å². The molecule has 1 rings (SSSR count). The van der Waals surface area contributed by atoms with Crippen LogP contribution in [-0.4, -0.2) is 46.6 Å². The second-order valence-electron chi connectivity index (χ2n) is 5.36. The van der Waals surface area contributed by atoms with Crippen LogP contribution in [0.1, 0.15) is 46.5 Å². The summed E-state index contributed by atoms with van der Waals surface area (Å²) >= 11 is 0. The zero-order chi connectivity index (χ0) is 13.8. The topological polar surface area (TPSA) is 69.6 Å². The minimum atomic E-state index is -0.891. The van der Waals surface area contributed by atoms with Crippen LogP contribution >= 0.6 is 0 Å². The van der Waals surface area contributed by atoms with Gasteiger partial charge in [0.15, 0.2) is 0 Å². The van der Waals surface area contributed by atoms with Crippen molar-refractivity contribution in [3.05, 3.63) is 0 Å². The maximum Gasteiger partial charge on any atom is 0.326 e. The zero-order valence-electron chi connectivity index (χ0n) is 11.5. The van der Waals surface area contributed by atoms with Crippen molar-refractivity contribution in [3.8, 4) is 0 Å².